The first-order valence-electron chi connectivity index (χ1n) is 7.21. The summed E-state index contributed by atoms with van der Waals surface area (Å²) in [4.78, 5) is 37.0. The van der Waals surface area contributed by atoms with Crippen molar-refractivity contribution in [2.24, 2.45) is 0 Å². The molecule has 1 aromatic rings. The SMILES string of the molecule is CC(=O)CCC1N(C=O)CCC12C(=O)Nc1ccccc12. The highest BCUT2D eigenvalue weighted by Gasteiger charge is 2.57. The largest absolute Gasteiger partial charge is 0.341 e. The molecular weight excluding hydrogens is 268 g/mol. The van der Waals surface area contributed by atoms with Gasteiger partial charge in [0.1, 0.15) is 5.78 Å². The monoisotopic (exact) mass is 286 g/mol. The lowest BCUT2D eigenvalue weighted by molar-refractivity contribution is -0.125. The van der Waals surface area contributed by atoms with E-state index in [1.165, 1.54) is 6.92 Å². The van der Waals surface area contributed by atoms with Crippen LogP contribution in [0, 0.1) is 0 Å². The first-order valence-corrected chi connectivity index (χ1v) is 7.21. The van der Waals surface area contributed by atoms with Crippen molar-refractivity contribution in [2.45, 2.75) is 37.6 Å². The number of amides is 2. The maximum Gasteiger partial charge on any atom is 0.237 e. The maximum absolute atomic E-state index is 12.6. The molecule has 3 rings (SSSR count). The average Bonchev–Trinajstić information content (AvgIpc) is 2.97. The zero-order chi connectivity index (χ0) is 15.0. The van der Waals surface area contributed by atoms with Gasteiger partial charge in [-0.15, -0.1) is 0 Å². The molecule has 1 aromatic carbocycles. The molecule has 110 valence electrons. The summed E-state index contributed by atoms with van der Waals surface area (Å²) in [7, 11) is 0. The molecule has 1 saturated heterocycles. The highest BCUT2D eigenvalue weighted by atomic mass is 16.2. The van der Waals surface area contributed by atoms with Crippen LogP contribution in [0.5, 0.6) is 0 Å². The minimum atomic E-state index is -0.701. The van der Waals surface area contributed by atoms with Crippen LogP contribution < -0.4 is 5.32 Å². The molecule has 2 atom stereocenters. The van der Waals surface area contributed by atoms with E-state index in [1.807, 2.05) is 24.3 Å². The van der Waals surface area contributed by atoms with Crippen LogP contribution in [-0.2, 0) is 19.8 Å². The van der Waals surface area contributed by atoms with Gasteiger partial charge in [-0.05, 0) is 31.4 Å². The molecular formula is C16H18N2O3. The Morgan fingerprint density at radius 1 is 1.48 bits per heavy atom. The number of carbonyl (C=O) groups excluding carboxylic acids is 3. The predicted octanol–water partition coefficient (Wildman–Crippen LogP) is 1.48. The number of carbonyl (C=O) groups is 3. The Bertz CT molecular complexity index is 613. The smallest absolute Gasteiger partial charge is 0.237 e. The summed E-state index contributed by atoms with van der Waals surface area (Å²) >= 11 is 0. The molecule has 0 aliphatic carbocycles. The summed E-state index contributed by atoms with van der Waals surface area (Å²) in [6.07, 6.45) is 2.31. The van der Waals surface area contributed by atoms with Crippen molar-refractivity contribution >= 4 is 23.8 Å². The third-order valence-electron chi connectivity index (χ3n) is 4.70. The van der Waals surface area contributed by atoms with E-state index in [1.54, 1.807) is 4.90 Å². The van der Waals surface area contributed by atoms with Gasteiger partial charge in [-0.3, -0.25) is 9.59 Å². The quantitative estimate of drug-likeness (QED) is 0.852. The van der Waals surface area contributed by atoms with Crippen LogP contribution in [0.2, 0.25) is 0 Å². The lowest BCUT2D eigenvalue weighted by atomic mass is 9.73. The topological polar surface area (TPSA) is 66.5 Å². The molecule has 5 heteroatoms. The van der Waals surface area contributed by atoms with E-state index >= 15 is 0 Å². The van der Waals surface area contributed by atoms with Gasteiger partial charge in [-0.25, -0.2) is 0 Å². The van der Waals surface area contributed by atoms with E-state index in [0.29, 0.717) is 25.8 Å². The molecule has 2 amide bonds. The van der Waals surface area contributed by atoms with Crippen molar-refractivity contribution in [1.82, 2.24) is 4.90 Å². The molecule has 2 aliphatic rings. The van der Waals surface area contributed by atoms with Gasteiger partial charge in [-0.2, -0.15) is 0 Å². The molecule has 0 saturated carbocycles. The van der Waals surface area contributed by atoms with Gasteiger partial charge in [-0.1, -0.05) is 18.2 Å². The van der Waals surface area contributed by atoms with Gasteiger partial charge in [0.05, 0.1) is 11.5 Å². The Morgan fingerprint density at radius 2 is 2.24 bits per heavy atom. The van der Waals surface area contributed by atoms with Crippen molar-refractivity contribution < 1.29 is 14.4 Å². The predicted molar refractivity (Wildman–Crippen MR) is 77.8 cm³/mol. The summed E-state index contributed by atoms with van der Waals surface area (Å²) in [5.74, 6) is 0.0243. The zero-order valence-electron chi connectivity index (χ0n) is 12.0. The number of anilines is 1. The van der Waals surface area contributed by atoms with Crippen LogP contribution >= 0.6 is 0 Å². The van der Waals surface area contributed by atoms with Crippen LogP contribution in [0.4, 0.5) is 5.69 Å². The highest BCUT2D eigenvalue weighted by molar-refractivity contribution is 6.07. The molecule has 21 heavy (non-hydrogen) atoms. The average molecular weight is 286 g/mol. The molecule has 0 aromatic heterocycles. The standard InChI is InChI=1S/C16H18N2O3/c1-11(20)6-7-14-16(8-9-18(14)10-19)12-4-2-3-5-13(12)17-15(16)21/h2-5,10,14H,6-9H2,1H3,(H,17,21). The fourth-order valence-corrected chi connectivity index (χ4v) is 3.71. The minimum Gasteiger partial charge on any atom is -0.341 e. The summed E-state index contributed by atoms with van der Waals surface area (Å²) in [5, 5.41) is 2.93. The molecule has 5 nitrogen and oxygen atoms in total. The Hall–Kier alpha value is -2.17. The zero-order valence-corrected chi connectivity index (χ0v) is 12.0. The number of hydrogen-bond donors (Lipinski definition) is 1. The Kier molecular flexibility index (Phi) is 3.27. The number of Topliss-reactive ketones (excluding diaryl/α,β-unsaturated/α-hetero) is 1. The third-order valence-corrected chi connectivity index (χ3v) is 4.70. The van der Waals surface area contributed by atoms with E-state index in [2.05, 4.69) is 5.32 Å². The molecule has 2 heterocycles. The minimum absolute atomic E-state index is 0.0541. The fraction of sp³-hybridized carbons (Fsp3) is 0.438. The first-order chi connectivity index (χ1) is 10.1. The van der Waals surface area contributed by atoms with E-state index in [-0.39, 0.29) is 17.7 Å². The second-order valence-electron chi connectivity index (χ2n) is 5.82. The molecule has 0 radical (unpaired) electrons. The molecule has 2 aliphatic heterocycles. The number of hydrogen-bond acceptors (Lipinski definition) is 3. The van der Waals surface area contributed by atoms with Crippen molar-refractivity contribution in [2.75, 3.05) is 11.9 Å². The van der Waals surface area contributed by atoms with Crippen LogP contribution in [0.25, 0.3) is 0 Å². The number of nitrogens with zero attached hydrogens (tertiary/aromatic N) is 1. The van der Waals surface area contributed by atoms with Crippen LogP contribution in [0.15, 0.2) is 24.3 Å². The number of ketones is 1. The second kappa shape index (κ2) is 4.98. The van der Waals surface area contributed by atoms with Gasteiger partial charge in [0.2, 0.25) is 12.3 Å². The molecule has 0 bridgehead atoms. The Labute approximate surface area is 123 Å². The Balaban J connectivity index is 2.03. The number of fused-ring (bicyclic) bond motifs is 2. The molecule has 1 fully saturated rings. The highest BCUT2D eigenvalue weighted by Crippen LogP contribution is 2.48. The summed E-state index contributed by atoms with van der Waals surface area (Å²) in [6, 6.07) is 7.37. The van der Waals surface area contributed by atoms with Crippen molar-refractivity contribution in [1.29, 1.82) is 0 Å². The summed E-state index contributed by atoms with van der Waals surface area (Å²) in [5.41, 5.74) is 1.07. The van der Waals surface area contributed by atoms with Crippen LogP contribution in [0.1, 0.15) is 31.7 Å². The maximum atomic E-state index is 12.6. The fourth-order valence-electron chi connectivity index (χ4n) is 3.71. The first kappa shape index (κ1) is 13.8. The van der Waals surface area contributed by atoms with Gasteiger partial charge in [0, 0.05) is 18.7 Å². The van der Waals surface area contributed by atoms with E-state index in [9.17, 15) is 14.4 Å². The Morgan fingerprint density at radius 3 is 2.95 bits per heavy atom. The van der Waals surface area contributed by atoms with Crippen molar-refractivity contribution in [3.8, 4) is 0 Å². The number of likely N-dealkylation sites (tertiary alicyclic amines) is 1. The van der Waals surface area contributed by atoms with Gasteiger partial charge in [0.15, 0.2) is 0 Å². The van der Waals surface area contributed by atoms with Crippen molar-refractivity contribution in [3.63, 3.8) is 0 Å². The van der Waals surface area contributed by atoms with Gasteiger partial charge < -0.3 is 15.0 Å². The number of nitrogens with one attached hydrogen (secondary N) is 1. The number of rotatable bonds is 4. The number of para-hydroxylation sites is 1. The van der Waals surface area contributed by atoms with E-state index < -0.39 is 5.41 Å². The summed E-state index contributed by atoms with van der Waals surface area (Å²) < 4.78 is 0. The number of benzene rings is 1. The molecule has 1 spiro atoms. The molecule has 1 N–H and O–H groups in total. The lowest BCUT2D eigenvalue weighted by Crippen LogP contribution is -2.46. The third kappa shape index (κ3) is 1.95. The normalized spacial score (nSPS) is 26.8. The molecule has 2 unspecified atom stereocenters. The second-order valence-corrected chi connectivity index (χ2v) is 5.82. The lowest BCUT2D eigenvalue weighted by Gasteiger charge is -2.32. The van der Waals surface area contributed by atoms with Crippen LogP contribution in [0.3, 0.4) is 0 Å². The van der Waals surface area contributed by atoms with E-state index in [4.69, 9.17) is 0 Å². The van der Waals surface area contributed by atoms with E-state index in [0.717, 1.165) is 17.7 Å². The van der Waals surface area contributed by atoms with Crippen LogP contribution in [-0.4, -0.2) is 35.6 Å². The summed E-state index contributed by atoms with van der Waals surface area (Å²) in [6.45, 7) is 2.09. The van der Waals surface area contributed by atoms with Crippen molar-refractivity contribution in [3.05, 3.63) is 29.8 Å². The van der Waals surface area contributed by atoms with Gasteiger partial charge >= 0.3 is 0 Å². The van der Waals surface area contributed by atoms with Gasteiger partial charge in [0.25, 0.3) is 0 Å².